The molecule has 3 unspecified atom stereocenters. The minimum absolute atomic E-state index is 0.0280. The number of nitrogen functional groups attached to an aromatic ring is 1. The first-order chi connectivity index (χ1) is 9.84. The Morgan fingerprint density at radius 1 is 1.24 bits per heavy atom. The van der Waals surface area contributed by atoms with Crippen LogP contribution in [0.4, 0.5) is 24.5 Å². The molecule has 1 aromatic carbocycles. The van der Waals surface area contributed by atoms with Crippen LogP contribution >= 0.6 is 0 Å². The molecule has 2 bridgehead atoms. The maximum atomic E-state index is 13.0. The third-order valence-electron chi connectivity index (χ3n) is 4.68. The van der Waals surface area contributed by atoms with Gasteiger partial charge in [0.1, 0.15) is 0 Å². The minimum Gasteiger partial charge on any atom is -0.399 e. The molecule has 0 aromatic heterocycles. The quantitative estimate of drug-likeness (QED) is 0.819. The monoisotopic (exact) mass is 298 g/mol. The molecule has 2 aliphatic rings. The summed E-state index contributed by atoms with van der Waals surface area (Å²) in [6, 6.07) is 3.45. The van der Waals surface area contributed by atoms with Crippen LogP contribution in [0.1, 0.15) is 31.2 Å². The van der Waals surface area contributed by atoms with Crippen molar-refractivity contribution in [3.63, 3.8) is 0 Å². The first-order valence-corrected chi connectivity index (χ1v) is 7.12. The number of alkyl halides is 3. The molecule has 3 atom stereocenters. The van der Waals surface area contributed by atoms with Gasteiger partial charge in [0.25, 0.3) is 0 Å². The van der Waals surface area contributed by atoms with Gasteiger partial charge in [-0.05, 0) is 49.3 Å². The summed E-state index contributed by atoms with van der Waals surface area (Å²) in [6.45, 7) is 0. The summed E-state index contributed by atoms with van der Waals surface area (Å²) in [5.41, 5.74) is 4.35. The molecule has 3 nitrogen and oxygen atoms in total. The molecule has 2 aliphatic carbocycles. The molecule has 1 aromatic rings. The molecule has 0 saturated heterocycles. The second kappa shape index (κ2) is 4.93. The van der Waals surface area contributed by atoms with Gasteiger partial charge in [0.2, 0.25) is 5.91 Å². The van der Waals surface area contributed by atoms with Crippen molar-refractivity contribution in [2.45, 2.75) is 31.9 Å². The molecule has 21 heavy (non-hydrogen) atoms. The van der Waals surface area contributed by atoms with E-state index in [1.807, 2.05) is 0 Å². The van der Waals surface area contributed by atoms with Gasteiger partial charge in [-0.1, -0.05) is 6.42 Å². The topological polar surface area (TPSA) is 55.1 Å². The van der Waals surface area contributed by atoms with Crippen molar-refractivity contribution in [2.24, 2.45) is 17.8 Å². The number of anilines is 2. The van der Waals surface area contributed by atoms with Crippen LogP contribution in [-0.4, -0.2) is 5.91 Å². The third kappa shape index (κ3) is 2.71. The second-order valence-electron chi connectivity index (χ2n) is 6.07. The summed E-state index contributed by atoms with van der Waals surface area (Å²) in [7, 11) is 0. The van der Waals surface area contributed by atoms with E-state index >= 15 is 0 Å². The Hall–Kier alpha value is -1.72. The standard InChI is InChI=1S/C15H17F3N2O/c16-15(17,18)12-7-10(19)3-4-13(12)20-14(21)11-6-8-1-2-9(11)5-8/h3-4,7-9,11H,1-2,5-6,19H2,(H,20,21). The number of carbonyl (C=O) groups is 1. The van der Waals surface area contributed by atoms with E-state index in [9.17, 15) is 18.0 Å². The normalized spacial score (nSPS) is 27.9. The highest BCUT2D eigenvalue weighted by Gasteiger charge is 2.43. The predicted octanol–water partition coefficient (Wildman–Crippen LogP) is 3.66. The number of nitrogens with one attached hydrogen (secondary N) is 1. The van der Waals surface area contributed by atoms with Gasteiger partial charge < -0.3 is 11.1 Å². The van der Waals surface area contributed by atoms with Crippen LogP contribution in [0.2, 0.25) is 0 Å². The van der Waals surface area contributed by atoms with Gasteiger partial charge in [-0.2, -0.15) is 13.2 Å². The summed E-state index contributed by atoms with van der Waals surface area (Å²) in [6.07, 6.45) is -0.549. The van der Waals surface area contributed by atoms with E-state index in [0.29, 0.717) is 11.8 Å². The highest BCUT2D eigenvalue weighted by atomic mass is 19.4. The van der Waals surface area contributed by atoms with Crippen LogP contribution in [0.5, 0.6) is 0 Å². The number of benzene rings is 1. The van der Waals surface area contributed by atoms with Gasteiger partial charge in [-0.25, -0.2) is 0 Å². The number of rotatable bonds is 2. The fourth-order valence-electron chi connectivity index (χ4n) is 3.70. The van der Waals surface area contributed by atoms with Gasteiger partial charge in [-0.3, -0.25) is 4.79 Å². The number of hydrogen-bond acceptors (Lipinski definition) is 2. The van der Waals surface area contributed by atoms with E-state index in [0.717, 1.165) is 31.7 Å². The lowest BCUT2D eigenvalue weighted by molar-refractivity contribution is -0.137. The number of hydrogen-bond donors (Lipinski definition) is 2. The molecule has 2 saturated carbocycles. The highest BCUT2D eigenvalue weighted by molar-refractivity contribution is 5.94. The van der Waals surface area contributed by atoms with Gasteiger partial charge in [0.05, 0.1) is 11.3 Å². The SMILES string of the molecule is Nc1ccc(NC(=O)C2CC3CCC2C3)c(C(F)(F)F)c1. The van der Waals surface area contributed by atoms with E-state index in [2.05, 4.69) is 5.32 Å². The zero-order valence-corrected chi connectivity index (χ0v) is 11.4. The van der Waals surface area contributed by atoms with Crippen molar-refractivity contribution in [3.8, 4) is 0 Å². The second-order valence-corrected chi connectivity index (χ2v) is 6.07. The maximum absolute atomic E-state index is 13.0. The Morgan fingerprint density at radius 2 is 2.00 bits per heavy atom. The van der Waals surface area contributed by atoms with Crippen molar-refractivity contribution >= 4 is 17.3 Å². The molecule has 0 aliphatic heterocycles. The zero-order chi connectivity index (χ0) is 15.2. The number of amides is 1. The van der Waals surface area contributed by atoms with Gasteiger partial charge in [0.15, 0.2) is 0 Å². The molecule has 2 fully saturated rings. The number of nitrogens with two attached hydrogens (primary N) is 1. The Morgan fingerprint density at radius 3 is 2.57 bits per heavy atom. The molecule has 3 rings (SSSR count). The van der Waals surface area contributed by atoms with E-state index < -0.39 is 11.7 Å². The van der Waals surface area contributed by atoms with Crippen LogP contribution in [0, 0.1) is 17.8 Å². The Kier molecular flexibility index (Phi) is 3.34. The number of fused-ring (bicyclic) bond motifs is 2. The summed E-state index contributed by atoms with van der Waals surface area (Å²) >= 11 is 0. The molecule has 0 heterocycles. The maximum Gasteiger partial charge on any atom is 0.418 e. The van der Waals surface area contributed by atoms with E-state index in [4.69, 9.17) is 5.73 Å². The predicted molar refractivity (Wildman–Crippen MR) is 73.4 cm³/mol. The molecule has 114 valence electrons. The van der Waals surface area contributed by atoms with Crippen molar-refractivity contribution in [3.05, 3.63) is 23.8 Å². The van der Waals surface area contributed by atoms with Crippen LogP contribution < -0.4 is 11.1 Å². The molecule has 0 radical (unpaired) electrons. The lowest BCUT2D eigenvalue weighted by Crippen LogP contribution is -2.28. The van der Waals surface area contributed by atoms with Crippen molar-refractivity contribution in [2.75, 3.05) is 11.1 Å². The Bertz CT molecular complexity index is 571. The fraction of sp³-hybridized carbons (Fsp3) is 0.533. The fourth-order valence-corrected chi connectivity index (χ4v) is 3.70. The summed E-state index contributed by atoms with van der Waals surface area (Å²) in [4.78, 5) is 12.3. The first kappa shape index (κ1) is 14.2. The van der Waals surface area contributed by atoms with E-state index in [1.54, 1.807) is 0 Å². The Labute approximate surface area is 120 Å². The molecule has 1 amide bonds. The van der Waals surface area contributed by atoms with Crippen molar-refractivity contribution in [1.29, 1.82) is 0 Å². The number of carbonyl (C=O) groups excluding carboxylic acids is 1. The lowest BCUT2D eigenvalue weighted by Gasteiger charge is -2.22. The zero-order valence-electron chi connectivity index (χ0n) is 11.4. The summed E-state index contributed by atoms with van der Waals surface area (Å²) in [5, 5.41) is 2.46. The minimum atomic E-state index is -4.54. The smallest absolute Gasteiger partial charge is 0.399 e. The van der Waals surface area contributed by atoms with E-state index in [-0.39, 0.29) is 23.2 Å². The molecule has 0 spiro atoms. The number of halogens is 3. The average Bonchev–Trinajstić information content (AvgIpc) is 3.02. The van der Waals surface area contributed by atoms with Gasteiger partial charge in [-0.15, -0.1) is 0 Å². The van der Waals surface area contributed by atoms with E-state index in [1.165, 1.54) is 12.1 Å². The van der Waals surface area contributed by atoms with Crippen LogP contribution in [0.3, 0.4) is 0 Å². The highest BCUT2D eigenvalue weighted by Crippen LogP contribution is 2.48. The molecular formula is C15H17F3N2O. The largest absolute Gasteiger partial charge is 0.418 e. The van der Waals surface area contributed by atoms with Crippen molar-refractivity contribution in [1.82, 2.24) is 0 Å². The first-order valence-electron chi connectivity index (χ1n) is 7.12. The summed E-state index contributed by atoms with van der Waals surface area (Å²) < 4.78 is 39.0. The van der Waals surface area contributed by atoms with Gasteiger partial charge in [0, 0.05) is 11.6 Å². The van der Waals surface area contributed by atoms with Crippen LogP contribution in [-0.2, 0) is 11.0 Å². The molecule has 3 N–H and O–H groups in total. The lowest BCUT2D eigenvalue weighted by atomic mass is 9.88. The van der Waals surface area contributed by atoms with Crippen LogP contribution in [0.25, 0.3) is 0 Å². The summed E-state index contributed by atoms with van der Waals surface area (Å²) in [5.74, 6) is 0.456. The molecule has 6 heteroatoms. The van der Waals surface area contributed by atoms with Crippen molar-refractivity contribution < 1.29 is 18.0 Å². The van der Waals surface area contributed by atoms with Crippen LogP contribution in [0.15, 0.2) is 18.2 Å². The third-order valence-corrected chi connectivity index (χ3v) is 4.68. The van der Waals surface area contributed by atoms with Gasteiger partial charge >= 0.3 is 6.18 Å². The molecular weight excluding hydrogens is 281 g/mol. The average molecular weight is 298 g/mol. The Balaban J connectivity index is 1.80.